The van der Waals surface area contributed by atoms with Gasteiger partial charge in [-0.2, -0.15) is 0 Å². The standard InChI is InChI=1S/C22H23FN2O2/c1-14-8-10-18(23)22-21(14)17(15(2)25-22)12-13-24-20(26)11-9-16-6-4-5-7-19(16)27-3/h4-11,25H,12-13H2,1-3H3,(H,24,26). The first-order valence-electron chi connectivity index (χ1n) is 8.86. The first-order valence-corrected chi connectivity index (χ1v) is 8.86. The summed E-state index contributed by atoms with van der Waals surface area (Å²) in [5, 5.41) is 3.79. The number of amides is 1. The minimum Gasteiger partial charge on any atom is -0.496 e. The predicted octanol–water partition coefficient (Wildman–Crippen LogP) is 4.30. The van der Waals surface area contributed by atoms with Crippen LogP contribution in [0.25, 0.3) is 17.0 Å². The van der Waals surface area contributed by atoms with Crippen LogP contribution < -0.4 is 10.1 Å². The van der Waals surface area contributed by atoms with Crippen molar-refractivity contribution in [3.05, 3.63) is 70.7 Å². The lowest BCUT2D eigenvalue weighted by molar-refractivity contribution is -0.116. The second-order valence-corrected chi connectivity index (χ2v) is 6.46. The lowest BCUT2D eigenvalue weighted by atomic mass is 10.0. The number of benzene rings is 2. The average Bonchev–Trinajstić information content (AvgIpc) is 3.01. The Hall–Kier alpha value is -3.08. The molecular formula is C22H23FN2O2. The van der Waals surface area contributed by atoms with Crippen molar-refractivity contribution in [3.8, 4) is 5.75 Å². The van der Waals surface area contributed by atoms with E-state index in [1.807, 2.05) is 38.1 Å². The van der Waals surface area contributed by atoms with Crippen LogP contribution in [-0.2, 0) is 11.2 Å². The first kappa shape index (κ1) is 18.7. The van der Waals surface area contributed by atoms with Crippen LogP contribution in [0.1, 0.15) is 22.4 Å². The van der Waals surface area contributed by atoms with E-state index in [0.29, 0.717) is 24.2 Å². The normalized spacial score (nSPS) is 11.3. The third-order valence-corrected chi connectivity index (χ3v) is 4.66. The Morgan fingerprint density at radius 2 is 2.00 bits per heavy atom. The number of methoxy groups -OCH3 is 1. The van der Waals surface area contributed by atoms with Crippen molar-refractivity contribution in [2.45, 2.75) is 20.3 Å². The lowest BCUT2D eigenvalue weighted by Gasteiger charge is -2.06. The van der Waals surface area contributed by atoms with Gasteiger partial charge in [0.2, 0.25) is 5.91 Å². The van der Waals surface area contributed by atoms with Crippen molar-refractivity contribution in [1.82, 2.24) is 10.3 Å². The van der Waals surface area contributed by atoms with Gasteiger partial charge in [-0.25, -0.2) is 4.39 Å². The molecule has 27 heavy (non-hydrogen) atoms. The van der Waals surface area contributed by atoms with Crippen molar-refractivity contribution in [2.24, 2.45) is 0 Å². The fourth-order valence-corrected chi connectivity index (χ4v) is 3.29. The number of halogens is 1. The van der Waals surface area contributed by atoms with Crippen LogP contribution >= 0.6 is 0 Å². The third kappa shape index (κ3) is 4.03. The van der Waals surface area contributed by atoms with Gasteiger partial charge in [0.1, 0.15) is 11.6 Å². The number of rotatable bonds is 6. The van der Waals surface area contributed by atoms with E-state index in [1.165, 1.54) is 12.1 Å². The molecule has 1 heterocycles. The number of nitrogens with one attached hydrogen (secondary N) is 2. The average molecular weight is 366 g/mol. The highest BCUT2D eigenvalue weighted by molar-refractivity contribution is 5.92. The Labute approximate surface area is 158 Å². The molecule has 0 fully saturated rings. The first-order chi connectivity index (χ1) is 13.0. The number of aromatic amines is 1. The molecule has 3 rings (SSSR count). The molecule has 0 saturated heterocycles. The molecule has 5 heteroatoms. The van der Waals surface area contributed by atoms with Gasteiger partial charge < -0.3 is 15.0 Å². The van der Waals surface area contributed by atoms with Gasteiger partial charge in [0.25, 0.3) is 0 Å². The van der Waals surface area contributed by atoms with E-state index >= 15 is 0 Å². The smallest absolute Gasteiger partial charge is 0.244 e. The maximum Gasteiger partial charge on any atom is 0.244 e. The largest absolute Gasteiger partial charge is 0.496 e. The van der Waals surface area contributed by atoms with Crippen LogP contribution in [0.3, 0.4) is 0 Å². The molecule has 0 atom stereocenters. The molecule has 0 aliphatic rings. The minimum absolute atomic E-state index is 0.179. The highest BCUT2D eigenvalue weighted by atomic mass is 19.1. The van der Waals surface area contributed by atoms with Crippen molar-refractivity contribution in [1.29, 1.82) is 0 Å². The summed E-state index contributed by atoms with van der Waals surface area (Å²) in [6, 6.07) is 10.8. The number of fused-ring (bicyclic) bond motifs is 1. The fraction of sp³-hybridized carbons (Fsp3) is 0.227. The minimum atomic E-state index is -0.256. The zero-order valence-electron chi connectivity index (χ0n) is 15.7. The van der Waals surface area contributed by atoms with Crippen LogP contribution in [0.2, 0.25) is 0 Å². The van der Waals surface area contributed by atoms with Crippen LogP contribution in [0, 0.1) is 19.7 Å². The van der Waals surface area contributed by atoms with E-state index in [4.69, 9.17) is 4.74 Å². The molecule has 0 unspecified atom stereocenters. The van der Waals surface area contributed by atoms with E-state index in [0.717, 1.165) is 27.8 Å². The van der Waals surface area contributed by atoms with Crippen LogP contribution in [-0.4, -0.2) is 24.5 Å². The highest BCUT2D eigenvalue weighted by Gasteiger charge is 2.13. The Morgan fingerprint density at radius 1 is 1.22 bits per heavy atom. The van der Waals surface area contributed by atoms with Crippen molar-refractivity contribution in [3.63, 3.8) is 0 Å². The molecule has 0 aliphatic heterocycles. The van der Waals surface area contributed by atoms with Gasteiger partial charge in [-0.15, -0.1) is 0 Å². The lowest BCUT2D eigenvalue weighted by Crippen LogP contribution is -2.23. The van der Waals surface area contributed by atoms with Gasteiger partial charge in [0.15, 0.2) is 0 Å². The predicted molar refractivity (Wildman–Crippen MR) is 106 cm³/mol. The van der Waals surface area contributed by atoms with Gasteiger partial charge in [-0.3, -0.25) is 4.79 Å². The van der Waals surface area contributed by atoms with Crippen LogP contribution in [0.15, 0.2) is 42.5 Å². The van der Waals surface area contributed by atoms with Gasteiger partial charge in [0.05, 0.1) is 12.6 Å². The number of H-pyrrole nitrogens is 1. The quantitative estimate of drug-likeness (QED) is 0.639. The highest BCUT2D eigenvalue weighted by Crippen LogP contribution is 2.27. The molecule has 4 nitrogen and oxygen atoms in total. The molecule has 2 N–H and O–H groups in total. The number of aromatic nitrogens is 1. The number of para-hydroxylation sites is 1. The maximum atomic E-state index is 14.0. The van der Waals surface area contributed by atoms with E-state index in [1.54, 1.807) is 19.3 Å². The second-order valence-electron chi connectivity index (χ2n) is 6.46. The summed E-state index contributed by atoms with van der Waals surface area (Å²) >= 11 is 0. The SMILES string of the molecule is COc1ccccc1C=CC(=O)NCCc1c(C)[nH]c2c(F)ccc(C)c12. The molecule has 0 bridgehead atoms. The molecule has 1 amide bonds. The Kier molecular flexibility index (Phi) is 5.60. The van der Waals surface area contributed by atoms with Crippen molar-refractivity contribution >= 4 is 22.9 Å². The number of aryl methyl sites for hydroxylation is 2. The van der Waals surface area contributed by atoms with Crippen LogP contribution in [0.5, 0.6) is 5.75 Å². The van der Waals surface area contributed by atoms with Gasteiger partial charge >= 0.3 is 0 Å². The molecule has 0 aliphatic carbocycles. The Bertz CT molecular complexity index is 1000. The Balaban J connectivity index is 1.66. The summed E-state index contributed by atoms with van der Waals surface area (Å²) in [7, 11) is 1.60. The summed E-state index contributed by atoms with van der Waals surface area (Å²) in [4.78, 5) is 15.2. The molecule has 2 aromatic carbocycles. The molecule has 140 valence electrons. The number of hydrogen-bond acceptors (Lipinski definition) is 2. The summed E-state index contributed by atoms with van der Waals surface area (Å²) in [6.07, 6.45) is 3.85. The molecule has 0 radical (unpaired) electrons. The zero-order chi connectivity index (χ0) is 19.4. The second kappa shape index (κ2) is 8.08. The van der Waals surface area contributed by atoms with Gasteiger partial charge in [0, 0.05) is 29.3 Å². The monoisotopic (exact) mass is 366 g/mol. The molecule has 3 aromatic rings. The van der Waals surface area contributed by atoms with E-state index in [2.05, 4.69) is 10.3 Å². The summed E-state index contributed by atoms with van der Waals surface area (Å²) in [5.74, 6) is 0.281. The Morgan fingerprint density at radius 3 is 2.78 bits per heavy atom. The number of carbonyl (C=O) groups excluding carboxylic acids is 1. The number of ether oxygens (including phenoxy) is 1. The van der Waals surface area contributed by atoms with Crippen molar-refractivity contribution < 1.29 is 13.9 Å². The third-order valence-electron chi connectivity index (χ3n) is 4.66. The molecule has 0 spiro atoms. The topological polar surface area (TPSA) is 54.1 Å². The maximum absolute atomic E-state index is 14.0. The van der Waals surface area contributed by atoms with Crippen LogP contribution in [0.4, 0.5) is 4.39 Å². The number of carbonyl (C=O) groups is 1. The van der Waals surface area contributed by atoms with E-state index < -0.39 is 0 Å². The van der Waals surface area contributed by atoms with Gasteiger partial charge in [-0.05, 0) is 49.6 Å². The summed E-state index contributed by atoms with van der Waals surface area (Å²) < 4.78 is 19.3. The fourth-order valence-electron chi connectivity index (χ4n) is 3.29. The number of hydrogen-bond donors (Lipinski definition) is 2. The summed E-state index contributed by atoms with van der Waals surface area (Å²) in [6.45, 7) is 4.36. The van der Waals surface area contributed by atoms with Gasteiger partial charge in [-0.1, -0.05) is 24.3 Å². The molecule has 0 saturated carbocycles. The zero-order valence-corrected chi connectivity index (χ0v) is 15.7. The van der Waals surface area contributed by atoms with E-state index in [-0.39, 0.29) is 11.7 Å². The van der Waals surface area contributed by atoms with E-state index in [9.17, 15) is 9.18 Å². The molecule has 1 aromatic heterocycles. The van der Waals surface area contributed by atoms with Crippen molar-refractivity contribution in [2.75, 3.05) is 13.7 Å². The molecular weight excluding hydrogens is 343 g/mol. The summed E-state index contributed by atoms with van der Waals surface area (Å²) in [5.41, 5.74) is 4.36.